The van der Waals surface area contributed by atoms with Gasteiger partial charge in [-0.05, 0) is 33.4 Å². The lowest BCUT2D eigenvalue weighted by Gasteiger charge is -2.36. The first-order valence-corrected chi connectivity index (χ1v) is 7.63. The van der Waals surface area contributed by atoms with Crippen molar-refractivity contribution in [2.75, 3.05) is 27.2 Å². The fourth-order valence-corrected chi connectivity index (χ4v) is 3.39. The number of likely N-dealkylation sites (tertiary alicyclic amines) is 1. The highest BCUT2D eigenvalue weighted by Crippen LogP contribution is 2.33. The molecule has 1 aliphatic rings. The lowest BCUT2D eigenvalue weighted by molar-refractivity contribution is -0.140. The van der Waals surface area contributed by atoms with Crippen molar-refractivity contribution in [3.63, 3.8) is 0 Å². The Morgan fingerprint density at radius 3 is 2.40 bits per heavy atom. The Hall–Kier alpha value is -0.720. The summed E-state index contributed by atoms with van der Waals surface area (Å²) >= 11 is 5.15. The van der Waals surface area contributed by atoms with E-state index in [2.05, 4.69) is 0 Å². The van der Waals surface area contributed by atoms with Crippen LogP contribution in [0.1, 0.15) is 33.1 Å². The van der Waals surface area contributed by atoms with E-state index in [1.807, 2.05) is 32.8 Å². The van der Waals surface area contributed by atoms with Crippen molar-refractivity contribution >= 4 is 23.1 Å². The number of β-amino-alcohol motifs (C(OH)–C–C–N with tert-alkyl or cyclic N) is 1. The van der Waals surface area contributed by atoms with E-state index in [-0.39, 0.29) is 16.9 Å². The molecule has 20 heavy (non-hydrogen) atoms. The maximum atomic E-state index is 12.9. The molecule has 1 rings (SSSR count). The quantitative estimate of drug-likeness (QED) is 0.703. The molecular weight excluding hydrogens is 274 g/mol. The molecule has 0 aromatic carbocycles. The summed E-state index contributed by atoms with van der Waals surface area (Å²) in [5, 5.41) is 9.91. The highest BCUT2D eigenvalue weighted by molar-refractivity contribution is 7.80. The number of carbonyl (C=O) groups is 1. The Balaban J connectivity index is 3.00. The Labute approximate surface area is 127 Å². The van der Waals surface area contributed by atoms with Gasteiger partial charge in [0.2, 0.25) is 5.91 Å². The first kappa shape index (κ1) is 17.3. The van der Waals surface area contributed by atoms with Gasteiger partial charge in [0.15, 0.2) is 0 Å². The molecule has 1 amide bonds. The number of likely N-dealkylation sites (N-methyl/N-ethyl adjacent to an activating group) is 1. The summed E-state index contributed by atoms with van der Waals surface area (Å²) in [6.07, 6.45) is 1.35. The normalized spacial score (nSPS) is 23.4. The van der Waals surface area contributed by atoms with Gasteiger partial charge in [-0.15, -0.1) is 0 Å². The fourth-order valence-electron chi connectivity index (χ4n) is 3.02. The van der Waals surface area contributed by atoms with Crippen molar-refractivity contribution in [1.82, 2.24) is 9.80 Å². The number of amides is 1. The minimum atomic E-state index is -0.774. The molecule has 3 N–H and O–H groups in total. The van der Waals surface area contributed by atoms with Crippen molar-refractivity contribution in [3.8, 4) is 0 Å². The number of carbonyl (C=O) groups excluding carboxylic acids is 1. The van der Waals surface area contributed by atoms with Crippen LogP contribution in [-0.2, 0) is 4.79 Å². The summed E-state index contributed by atoms with van der Waals surface area (Å²) < 4.78 is 0. The minimum Gasteiger partial charge on any atom is -0.392 e. The van der Waals surface area contributed by atoms with Crippen LogP contribution in [0.4, 0.5) is 0 Å². The molecule has 1 saturated heterocycles. The Bertz CT molecular complexity index is 369. The Morgan fingerprint density at radius 2 is 2.00 bits per heavy atom. The van der Waals surface area contributed by atoms with Gasteiger partial charge >= 0.3 is 0 Å². The van der Waals surface area contributed by atoms with Crippen LogP contribution in [0.15, 0.2) is 0 Å². The Kier molecular flexibility index (Phi) is 5.91. The third-order valence-corrected chi connectivity index (χ3v) is 4.71. The fraction of sp³-hybridized carbons (Fsp3) is 0.857. The van der Waals surface area contributed by atoms with Gasteiger partial charge in [-0.3, -0.25) is 4.79 Å². The number of nitrogens with two attached hydrogens (primary N) is 1. The van der Waals surface area contributed by atoms with Gasteiger partial charge in [-0.25, -0.2) is 0 Å². The van der Waals surface area contributed by atoms with Crippen molar-refractivity contribution < 1.29 is 9.90 Å². The van der Waals surface area contributed by atoms with Crippen LogP contribution < -0.4 is 5.73 Å². The molecule has 0 aromatic rings. The van der Waals surface area contributed by atoms with Gasteiger partial charge in [0.1, 0.15) is 0 Å². The molecule has 1 aliphatic heterocycles. The zero-order chi connectivity index (χ0) is 15.5. The maximum Gasteiger partial charge on any atom is 0.235 e. The first-order valence-electron chi connectivity index (χ1n) is 7.22. The van der Waals surface area contributed by atoms with Gasteiger partial charge in [0.25, 0.3) is 0 Å². The molecular formula is C14H27N3O2S. The molecule has 1 heterocycles. The number of aliphatic hydroxyl groups is 1. The second-order valence-corrected chi connectivity index (χ2v) is 6.36. The molecule has 5 nitrogen and oxygen atoms in total. The lowest BCUT2D eigenvalue weighted by Crippen LogP contribution is -2.53. The van der Waals surface area contributed by atoms with Crippen LogP contribution in [0.5, 0.6) is 0 Å². The molecule has 116 valence electrons. The maximum absolute atomic E-state index is 12.9. The van der Waals surface area contributed by atoms with E-state index in [4.69, 9.17) is 18.0 Å². The van der Waals surface area contributed by atoms with Crippen molar-refractivity contribution in [1.29, 1.82) is 0 Å². The average molecular weight is 301 g/mol. The first-order chi connectivity index (χ1) is 9.28. The zero-order valence-electron chi connectivity index (χ0n) is 12.9. The van der Waals surface area contributed by atoms with E-state index < -0.39 is 11.5 Å². The SMILES string of the molecule is CCC(CC)(C(=O)N1CC(O)CC1CN(C)C)C(N)=S. The third kappa shape index (κ3) is 3.30. The van der Waals surface area contributed by atoms with Gasteiger partial charge in [0.05, 0.1) is 16.5 Å². The summed E-state index contributed by atoms with van der Waals surface area (Å²) in [7, 11) is 3.93. The molecule has 0 bridgehead atoms. The lowest BCUT2D eigenvalue weighted by atomic mass is 9.80. The summed E-state index contributed by atoms with van der Waals surface area (Å²) in [6, 6.07) is 0.0272. The highest BCUT2D eigenvalue weighted by atomic mass is 32.1. The average Bonchev–Trinajstić information content (AvgIpc) is 2.70. The predicted octanol–water partition coefficient (Wildman–Crippen LogP) is 0.602. The summed E-state index contributed by atoms with van der Waals surface area (Å²) in [4.78, 5) is 17.0. The van der Waals surface area contributed by atoms with Gasteiger partial charge < -0.3 is 20.6 Å². The number of hydrogen-bond acceptors (Lipinski definition) is 4. The van der Waals surface area contributed by atoms with E-state index in [0.29, 0.717) is 25.8 Å². The molecule has 0 aromatic heterocycles. The number of nitrogens with zero attached hydrogens (tertiary/aromatic N) is 2. The van der Waals surface area contributed by atoms with Gasteiger partial charge in [-0.1, -0.05) is 26.1 Å². The van der Waals surface area contributed by atoms with Crippen LogP contribution in [0.3, 0.4) is 0 Å². The van der Waals surface area contributed by atoms with Crippen LogP contribution in [-0.4, -0.2) is 65.1 Å². The van der Waals surface area contributed by atoms with Crippen LogP contribution in [0.25, 0.3) is 0 Å². The molecule has 0 aliphatic carbocycles. The van der Waals surface area contributed by atoms with Crippen LogP contribution in [0, 0.1) is 5.41 Å². The second kappa shape index (κ2) is 6.83. The van der Waals surface area contributed by atoms with Gasteiger partial charge in [-0.2, -0.15) is 0 Å². The molecule has 0 spiro atoms. The molecule has 2 atom stereocenters. The van der Waals surface area contributed by atoms with Crippen molar-refractivity contribution in [2.45, 2.75) is 45.3 Å². The molecule has 6 heteroatoms. The van der Waals surface area contributed by atoms with Crippen LogP contribution in [0.2, 0.25) is 0 Å². The summed E-state index contributed by atoms with van der Waals surface area (Å²) in [5.74, 6) is -0.0293. The largest absolute Gasteiger partial charge is 0.392 e. The topological polar surface area (TPSA) is 69.8 Å². The van der Waals surface area contributed by atoms with Crippen LogP contribution >= 0.6 is 12.2 Å². The zero-order valence-corrected chi connectivity index (χ0v) is 13.7. The van der Waals surface area contributed by atoms with E-state index in [1.54, 1.807) is 4.90 Å². The predicted molar refractivity (Wildman–Crippen MR) is 84.5 cm³/mol. The Morgan fingerprint density at radius 1 is 1.45 bits per heavy atom. The van der Waals surface area contributed by atoms with E-state index in [1.165, 1.54) is 0 Å². The molecule has 0 radical (unpaired) electrons. The number of rotatable bonds is 6. The van der Waals surface area contributed by atoms with Crippen molar-refractivity contribution in [2.24, 2.45) is 11.1 Å². The monoisotopic (exact) mass is 301 g/mol. The highest BCUT2D eigenvalue weighted by Gasteiger charge is 2.45. The molecule has 1 fully saturated rings. The second-order valence-electron chi connectivity index (χ2n) is 5.92. The number of hydrogen-bond donors (Lipinski definition) is 2. The van der Waals surface area contributed by atoms with E-state index >= 15 is 0 Å². The van der Waals surface area contributed by atoms with E-state index in [9.17, 15) is 9.90 Å². The molecule has 2 unspecified atom stereocenters. The van der Waals surface area contributed by atoms with Crippen molar-refractivity contribution in [3.05, 3.63) is 0 Å². The van der Waals surface area contributed by atoms with E-state index in [0.717, 1.165) is 6.54 Å². The minimum absolute atomic E-state index is 0.0272. The standard InChI is InChI=1S/C14H27N3O2S/c1-5-14(6-2,12(15)20)13(19)17-9-11(18)7-10(17)8-16(3)4/h10-11,18H,5-9H2,1-4H3,(H2,15,20). The number of aliphatic hydroxyl groups excluding tert-OH is 1. The number of thiocarbonyl (C=S) groups is 1. The third-order valence-electron chi connectivity index (χ3n) is 4.32. The smallest absolute Gasteiger partial charge is 0.235 e. The summed E-state index contributed by atoms with van der Waals surface area (Å²) in [5.41, 5.74) is 5.08. The summed E-state index contributed by atoms with van der Waals surface area (Å²) in [6.45, 7) is 4.99. The van der Waals surface area contributed by atoms with Gasteiger partial charge in [0, 0.05) is 19.1 Å². The molecule has 0 saturated carbocycles.